The van der Waals surface area contributed by atoms with E-state index < -0.39 is 17.9 Å². The standard InChI is InChI=1S/C18H20N2O3S/c1-24-12-11-16(18(22)23)20(19)17(21)15-10-6-5-9-14(15)13-7-3-2-4-8-13/h2-10,16H,11-12,19H2,1H3,(H,22,23)/t16-/m0/s1. The third kappa shape index (κ3) is 4.15. The number of carboxylic acid groups (broad SMARTS) is 1. The number of benzene rings is 2. The van der Waals surface area contributed by atoms with E-state index in [0.717, 1.165) is 16.1 Å². The average Bonchev–Trinajstić information content (AvgIpc) is 2.61. The predicted octanol–water partition coefficient (Wildman–Crippen LogP) is 2.88. The molecule has 0 aromatic heterocycles. The third-order valence-corrected chi connectivity index (χ3v) is 4.34. The maximum atomic E-state index is 12.8. The van der Waals surface area contributed by atoms with Crippen molar-refractivity contribution in [3.05, 3.63) is 60.2 Å². The van der Waals surface area contributed by atoms with Crippen molar-refractivity contribution in [2.45, 2.75) is 12.5 Å². The highest BCUT2D eigenvalue weighted by atomic mass is 32.2. The lowest BCUT2D eigenvalue weighted by molar-refractivity contribution is -0.142. The van der Waals surface area contributed by atoms with Gasteiger partial charge in [-0.2, -0.15) is 11.8 Å². The van der Waals surface area contributed by atoms with Crippen LogP contribution in [-0.2, 0) is 4.79 Å². The van der Waals surface area contributed by atoms with Crippen molar-refractivity contribution in [1.82, 2.24) is 5.01 Å². The third-order valence-electron chi connectivity index (χ3n) is 3.69. The molecule has 0 aliphatic carbocycles. The number of hydrogen-bond acceptors (Lipinski definition) is 4. The van der Waals surface area contributed by atoms with Crippen LogP contribution in [0.25, 0.3) is 11.1 Å². The van der Waals surface area contributed by atoms with Crippen LogP contribution in [0.5, 0.6) is 0 Å². The number of amides is 1. The number of hydrogen-bond donors (Lipinski definition) is 2. The summed E-state index contributed by atoms with van der Waals surface area (Å²) in [7, 11) is 0. The van der Waals surface area contributed by atoms with Crippen LogP contribution in [0.1, 0.15) is 16.8 Å². The Morgan fingerprint density at radius 3 is 2.38 bits per heavy atom. The van der Waals surface area contributed by atoms with Crippen LogP contribution in [0.3, 0.4) is 0 Å². The van der Waals surface area contributed by atoms with E-state index in [1.54, 1.807) is 12.1 Å². The zero-order chi connectivity index (χ0) is 17.5. The Morgan fingerprint density at radius 1 is 1.12 bits per heavy atom. The molecule has 126 valence electrons. The minimum atomic E-state index is -1.10. The number of nitrogens with zero attached hydrogens (tertiary/aromatic N) is 1. The van der Waals surface area contributed by atoms with Gasteiger partial charge in [0.2, 0.25) is 0 Å². The Hall–Kier alpha value is -2.31. The molecule has 2 rings (SSSR count). The molecule has 0 saturated heterocycles. The average molecular weight is 344 g/mol. The van der Waals surface area contributed by atoms with E-state index in [4.69, 9.17) is 5.84 Å². The van der Waals surface area contributed by atoms with Gasteiger partial charge in [-0.3, -0.25) is 9.80 Å². The van der Waals surface area contributed by atoms with Crippen molar-refractivity contribution in [2.75, 3.05) is 12.0 Å². The highest BCUT2D eigenvalue weighted by molar-refractivity contribution is 7.98. The second-order valence-corrected chi connectivity index (χ2v) is 6.25. The summed E-state index contributed by atoms with van der Waals surface area (Å²) < 4.78 is 0. The number of nitrogens with two attached hydrogens (primary N) is 1. The molecule has 0 spiro atoms. The van der Waals surface area contributed by atoms with Gasteiger partial charge in [-0.1, -0.05) is 48.5 Å². The molecule has 0 saturated carbocycles. The van der Waals surface area contributed by atoms with Gasteiger partial charge in [0.05, 0.1) is 0 Å². The van der Waals surface area contributed by atoms with Gasteiger partial charge in [0, 0.05) is 5.56 Å². The molecule has 0 heterocycles. The normalized spacial score (nSPS) is 11.8. The zero-order valence-electron chi connectivity index (χ0n) is 13.4. The lowest BCUT2D eigenvalue weighted by Gasteiger charge is -2.25. The summed E-state index contributed by atoms with van der Waals surface area (Å²) in [5, 5.41) is 10.2. The fourth-order valence-electron chi connectivity index (χ4n) is 2.43. The van der Waals surface area contributed by atoms with Crippen molar-refractivity contribution >= 4 is 23.6 Å². The summed E-state index contributed by atoms with van der Waals surface area (Å²) in [5.74, 6) is 4.89. The van der Waals surface area contributed by atoms with Gasteiger partial charge in [0.15, 0.2) is 0 Å². The van der Waals surface area contributed by atoms with Crippen molar-refractivity contribution in [3.8, 4) is 11.1 Å². The minimum absolute atomic E-state index is 0.298. The second-order valence-electron chi connectivity index (χ2n) is 5.26. The Morgan fingerprint density at radius 2 is 1.75 bits per heavy atom. The van der Waals surface area contributed by atoms with Crippen molar-refractivity contribution in [1.29, 1.82) is 0 Å². The second kappa shape index (κ2) is 8.52. The van der Waals surface area contributed by atoms with Gasteiger partial charge in [-0.05, 0) is 35.6 Å². The van der Waals surface area contributed by atoms with Gasteiger partial charge < -0.3 is 5.11 Å². The summed E-state index contributed by atoms with van der Waals surface area (Å²) in [4.78, 5) is 24.2. The number of aliphatic carboxylic acids is 1. The molecule has 2 aromatic rings. The first-order chi connectivity index (χ1) is 11.6. The number of hydrazine groups is 1. The first-order valence-electron chi connectivity index (χ1n) is 7.50. The van der Waals surface area contributed by atoms with Gasteiger partial charge in [0.1, 0.15) is 6.04 Å². The fraction of sp³-hybridized carbons (Fsp3) is 0.222. The molecule has 3 N–H and O–H groups in total. The summed E-state index contributed by atoms with van der Waals surface area (Å²) in [6.07, 6.45) is 2.18. The molecule has 2 aromatic carbocycles. The van der Waals surface area contributed by atoms with E-state index in [2.05, 4.69) is 0 Å². The summed E-state index contributed by atoms with van der Waals surface area (Å²) in [6, 6.07) is 15.5. The largest absolute Gasteiger partial charge is 0.480 e. The number of carbonyl (C=O) groups excluding carboxylic acids is 1. The maximum Gasteiger partial charge on any atom is 0.328 e. The van der Waals surface area contributed by atoms with E-state index >= 15 is 0 Å². The van der Waals surface area contributed by atoms with Crippen LogP contribution >= 0.6 is 11.8 Å². The van der Waals surface area contributed by atoms with E-state index in [9.17, 15) is 14.7 Å². The van der Waals surface area contributed by atoms with Crippen LogP contribution in [0.2, 0.25) is 0 Å². The molecule has 0 aliphatic heterocycles. The molecule has 1 atom stereocenters. The molecule has 1 amide bonds. The summed E-state index contributed by atoms with van der Waals surface area (Å²) in [5.41, 5.74) is 2.00. The van der Waals surface area contributed by atoms with Crippen LogP contribution in [0.4, 0.5) is 0 Å². The Bertz CT molecular complexity index is 706. The molecule has 0 fully saturated rings. The Labute approximate surface area is 145 Å². The Kier molecular flexibility index (Phi) is 6.40. The van der Waals surface area contributed by atoms with Crippen molar-refractivity contribution in [3.63, 3.8) is 0 Å². The number of carbonyl (C=O) groups is 2. The van der Waals surface area contributed by atoms with Crippen molar-refractivity contribution < 1.29 is 14.7 Å². The van der Waals surface area contributed by atoms with Gasteiger partial charge in [0.25, 0.3) is 5.91 Å². The molecule has 6 heteroatoms. The van der Waals surface area contributed by atoms with E-state index in [1.807, 2.05) is 48.7 Å². The smallest absolute Gasteiger partial charge is 0.328 e. The monoisotopic (exact) mass is 344 g/mol. The quantitative estimate of drug-likeness (QED) is 0.458. The van der Waals surface area contributed by atoms with Gasteiger partial charge >= 0.3 is 5.97 Å². The first-order valence-corrected chi connectivity index (χ1v) is 8.90. The van der Waals surface area contributed by atoms with Crippen molar-refractivity contribution in [2.24, 2.45) is 5.84 Å². The number of rotatable bonds is 7. The molecule has 0 bridgehead atoms. The SMILES string of the molecule is CSCC[C@@H](C(=O)O)N(N)C(=O)c1ccccc1-c1ccccc1. The van der Waals surface area contributed by atoms with Crippen LogP contribution in [-0.4, -0.2) is 40.0 Å². The molecule has 5 nitrogen and oxygen atoms in total. The predicted molar refractivity (Wildman–Crippen MR) is 96.7 cm³/mol. The molecular formula is C18H20N2O3S. The van der Waals surface area contributed by atoms with Crippen LogP contribution in [0, 0.1) is 0 Å². The molecule has 0 unspecified atom stereocenters. The van der Waals surface area contributed by atoms with Gasteiger partial charge in [-0.25, -0.2) is 10.6 Å². The fourth-order valence-corrected chi connectivity index (χ4v) is 2.89. The van der Waals surface area contributed by atoms with Crippen LogP contribution in [0.15, 0.2) is 54.6 Å². The van der Waals surface area contributed by atoms with Gasteiger partial charge in [-0.15, -0.1) is 0 Å². The molecule has 0 radical (unpaired) electrons. The topological polar surface area (TPSA) is 83.6 Å². The zero-order valence-corrected chi connectivity index (χ0v) is 14.2. The summed E-state index contributed by atoms with van der Waals surface area (Å²) >= 11 is 1.52. The number of carboxylic acids is 1. The Balaban J connectivity index is 2.34. The lowest BCUT2D eigenvalue weighted by atomic mass is 9.98. The molecule has 24 heavy (non-hydrogen) atoms. The highest BCUT2D eigenvalue weighted by Crippen LogP contribution is 2.24. The molecular weight excluding hydrogens is 324 g/mol. The minimum Gasteiger partial charge on any atom is -0.480 e. The molecule has 0 aliphatic rings. The number of thioether (sulfide) groups is 1. The van der Waals surface area contributed by atoms with Crippen LogP contribution < -0.4 is 5.84 Å². The lowest BCUT2D eigenvalue weighted by Crippen LogP contribution is -2.50. The summed E-state index contributed by atoms with van der Waals surface area (Å²) in [6.45, 7) is 0. The van der Waals surface area contributed by atoms with E-state index in [-0.39, 0.29) is 0 Å². The maximum absolute atomic E-state index is 12.8. The van der Waals surface area contributed by atoms with E-state index in [1.165, 1.54) is 11.8 Å². The van der Waals surface area contributed by atoms with E-state index in [0.29, 0.717) is 17.7 Å². The highest BCUT2D eigenvalue weighted by Gasteiger charge is 2.28. The first kappa shape index (κ1) is 18.0.